The van der Waals surface area contributed by atoms with Gasteiger partial charge in [0.25, 0.3) is 0 Å². The van der Waals surface area contributed by atoms with Crippen LogP contribution in [0.3, 0.4) is 0 Å². The molecule has 1 unspecified atom stereocenters. The van der Waals surface area contributed by atoms with Crippen LogP contribution in [0.1, 0.15) is 22.7 Å². The highest BCUT2D eigenvalue weighted by atomic mass is 16.2. The van der Waals surface area contributed by atoms with Gasteiger partial charge >= 0.3 is 6.03 Å². The average molecular weight is 268 g/mol. The molecule has 2 aromatic rings. The molecule has 0 saturated carbocycles. The van der Waals surface area contributed by atoms with Crippen molar-refractivity contribution in [2.45, 2.75) is 13.0 Å². The smallest absolute Gasteiger partial charge is 0.317 e. The average Bonchev–Trinajstić information content (AvgIpc) is 2.49. The molecular weight excluding hydrogens is 248 g/mol. The first kappa shape index (κ1) is 14.1. The molecule has 1 atom stereocenters. The maximum absolute atomic E-state index is 12.0. The number of nitrogens with zero attached hydrogens (tertiary/aromatic N) is 1. The van der Waals surface area contributed by atoms with Crippen LogP contribution in [0.2, 0.25) is 0 Å². The third-order valence-electron chi connectivity index (χ3n) is 3.52. The van der Waals surface area contributed by atoms with Crippen LogP contribution in [-0.2, 0) is 0 Å². The van der Waals surface area contributed by atoms with Crippen molar-refractivity contribution in [2.24, 2.45) is 0 Å². The highest BCUT2D eigenvalue weighted by Crippen LogP contribution is 2.29. The molecule has 0 heterocycles. The van der Waals surface area contributed by atoms with Gasteiger partial charge in [-0.2, -0.15) is 0 Å². The van der Waals surface area contributed by atoms with Crippen molar-refractivity contribution in [1.29, 1.82) is 0 Å². The number of hydrogen-bond donors (Lipinski definition) is 1. The maximum Gasteiger partial charge on any atom is 0.317 e. The van der Waals surface area contributed by atoms with Crippen molar-refractivity contribution < 1.29 is 4.79 Å². The van der Waals surface area contributed by atoms with Gasteiger partial charge in [0, 0.05) is 14.1 Å². The number of amides is 2. The third-order valence-corrected chi connectivity index (χ3v) is 3.52. The lowest BCUT2D eigenvalue weighted by molar-refractivity contribution is 0.200. The number of aryl methyl sites for hydroxylation is 1. The Morgan fingerprint density at radius 3 is 2.25 bits per heavy atom. The first-order chi connectivity index (χ1) is 9.65. The molecule has 2 amide bonds. The molecular formula is C17H20N2O. The molecule has 0 fully saturated rings. The van der Waals surface area contributed by atoms with Crippen molar-refractivity contribution in [2.75, 3.05) is 14.1 Å². The predicted octanol–water partition coefficient (Wildman–Crippen LogP) is 3.36. The van der Waals surface area contributed by atoms with E-state index in [1.54, 1.807) is 11.9 Å². The summed E-state index contributed by atoms with van der Waals surface area (Å²) in [5.41, 5.74) is 3.43. The number of hydrogen-bond acceptors (Lipinski definition) is 1. The second kappa shape index (κ2) is 6.24. The van der Waals surface area contributed by atoms with Gasteiger partial charge in [-0.3, -0.25) is 0 Å². The zero-order chi connectivity index (χ0) is 14.5. The molecule has 104 valence electrons. The van der Waals surface area contributed by atoms with E-state index >= 15 is 0 Å². The van der Waals surface area contributed by atoms with Gasteiger partial charge in [0.15, 0.2) is 0 Å². The summed E-state index contributed by atoms with van der Waals surface area (Å²) in [4.78, 5) is 13.8. The van der Waals surface area contributed by atoms with Gasteiger partial charge in [0.05, 0.1) is 6.04 Å². The number of benzene rings is 2. The highest BCUT2D eigenvalue weighted by Gasteiger charge is 2.23. The van der Waals surface area contributed by atoms with E-state index < -0.39 is 0 Å². The molecule has 1 N–H and O–H groups in total. The molecule has 0 aromatic heterocycles. The number of rotatable bonds is 3. The van der Waals surface area contributed by atoms with Crippen LogP contribution in [0.5, 0.6) is 0 Å². The lowest BCUT2D eigenvalue weighted by Gasteiger charge is -2.29. The Labute approximate surface area is 120 Å². The molecule has 20 heavy (non-hydrogen) atoms. The standard InChI is InChI=1S/C17H20N2O/c1-13-9-7-8-12-15(13)16(19(3)17(20)18-2)14-10-5-4-6-11-14/h4-12,16H,1-3H3,(H,18,20). The van der Waals surface area contributed by atoms with Crippen molar-refractivity contribution in [3.05, 3.63) is 71.3 Å². The SMILES string of the molecule is CNC(=O)N(C)C(c1ccccc1)c1ccccc1C. The summed E-state index contributed by atoms with van der Waals surface area (Å²) >= 11 is 0. The summed E-state index contributed by atoms with van der Waals surface area (Å²) in [5.74, 6) is 0. The van der Waals surface area contributed by atoms with E-state index in [0.717, 1.165) is 11.1 Å². The molecule has 2 aromatic carbocycles. The molecule has 3 nitrogen and oxygen atoms in total. The first-order valence-electron chi connectivity index (χ1n) is 6.70. The fourth-order valence-electron chi connectivity index (χ4n) is 2.43. The summed E-state index contributed by atoms with van der Waals surface area (Å²) in [7, 11) is 3.47. The molecule has 0 spiro atoms. The van der Waals surface area contributed by atoms with Crippen LogP contribution in [0.4, 0.5) is 4.79 Å². The van der Waals surface area contributed by atoms with Gasteiger partial charge in [-0.1, -0.05) is 54.6 Å². The molecule has 0 aliphatic heterocycles. The van der Waals surface area contributed by atoms with E-state index in [0.29, 0.717) is 0 Å². The lowest BCUT2D eigenvalue weighted by Crippen LogP contribution is -2.38. The van der Waals surface area contributed by atoms with E-state index in [9.17, 15) is 4.79 Å². The summed E-state index contributed by atoms with van der Waals surface area (Å²) in [5, 5.41) is 2.69. The van der Waals surface area contributed by atoms with Crippen LogP contribution < -0.4 is 5.32 Å². The van der Waals surface area contributed by atoms with Gasteiger partial charge in [0.2, 0.25) is 0 Å². The van der Waals surface area contributed by atoms with E-state index in [1.807, 2.05) is 37.4 Å². The normalized spacial score (nSPS) is 11.8. The zero-order valence-electron chi connectivity index (χ0n) is 12.1. The van der Waals surface area contributed by atoms with Crippen LogP contribution in [0.25, 0.3) is 0 Å². The molecule has 0 aliphatic carbocycles. The summed E-state index contributed by atoms with van der Waals surface area (Å²) in [6, 6.07) is 18.1. The van der Waals surface area contributed by atoms with Gasteiger partial charge in [0.1, 0.15) is 0 Å². The fourth-order valence-corrected chi connectivity index (χ4v) is 2.43. The Hall–Kier alpha value is -2.29. The Morgan fingerprint density at radius 2 is 1.65 bits per heavy atom. The Kier molecular flexibility index (Phi) is 4.41. The maximum atomic E-state index is 12.0. The second-order valence-corrected chi connectivity index (χ2v) is 4.84. The second-order valence-electron chi connectivity index (χ2n) is 4.84. The predicted molar refractivity (Wildman–Crippen MR) is 81.7 cm³/mol. The highest BCUT2D eigenvalue weighted by molar-refractivity contribution is 5.74. The topological polar surface area (TPSA) is 32.3 Å². The molecule has 0 saturated heterocycles. The van der Waals surface area contributed by atoms with E-state index in [1.165, 1.54) is 5.56 Å². The summed E-state index contributed by atoms with van der Waals surface area (Å²) < 4.78 is 0. The van der Waals surface area contributed by atoms with Crippen molar-refractivity contribution >= 4 is 6.03 Å². The summed E-state index contributed by atoms with van der Waals surface area (Å²) in [6.45, 7) is 2.07. The Balaban J connectivity index is 2.50. The van der Waals surface area contributed by atoms with Gasteiger partial charge in [-0.15, -0.1) is 0 Å². The minimum Gasteiger partial charge on any atom is -0.341 e. The molecule has 2 rings (SSSR count). The van der Waals surface area contributed by atoms with Gasteiger partial charge < -0.3 is 10.2 Å². The van der Waals surface area contributed by atoms with Crippen molar-refractivity contribution in [3.63, 3.8) is 0 Å². The largest absolute Gasteiger partial charge is 0.341 e. The molecule has 0 radical (unpaired) electrons. The van der Waals surface area contributed by atoms with Crippen LogP contribution in [0, 0.1) is 6.92 Å². The summed E-state index contributed by atoms with van der Waals surface area (Å²) in [6.07, 6.45) is 0. The number of carbonyl (C=O) groups excluding carboxylic acids is 1. The monoisotopic (exact) mass is 268 g/mol. The fraction of sp³-hybridized carbons (Fsp3) is 0.235. The lowest BCUT2D eigenvalue weighted by atomic mass is 9.94. The van der Waals surface area contributed by atoms with Crippen molar-refractivity contribution in [3.8, 4) is 0 Å². The zero-order valence-corrected chi connectivity index (χ0v) is 12.1. The number of carbonyl (C=O) groups is 1. The van der Waals surface area contributed by atoms with Crippen LogP contribution >= 0.6 is 0 Å². The Bertz CT molecular complexity index is 581. The van der Waals surface area contributed by atoms with Crippen molar-refractivity contribution in [1.82, 2.24) is 10.2 Å². The number of nitrogens with one attached hydrogen (secondary N) is 1. The first-order valence-corrected chi connectivity index (χ1v) is 6.70. The minimum atomic E-state index is -0.0953. The minimum absolute atomic E-state index is 0.0858. The van der Waals surface area contributed by atoms with E-state index in [2.05, 4.69) is 36.5 Å². The van der Waals surface area contributed by atoms with Crippen LogP contribution in [0.15, 0.2) is 54.6 Å². The third kappa shape index (κ3) is 2.82. The Morgan fingerprint density at radius 1 is 1.05 bits per heavy atom. The van der Waals surface area contributed by atoms with Gasteiger partial charge in [-0.05, 0) is 23.6 Å². The molecule has 0 bridgehead atoms. The van der Waals surface area contributed by atoms with E-state index in [4.69, 9.17) is 0 Å². The molecule has 3 heteroatoms. The molecule has 0 aliphatic rings. The number of urea groups is 1. The van der Waals surface area contributed by atoms with Gasteiger partial charge in [-0.25, -0.2) is 4.79 Å². The van der Waals surface area contributed by atoms with E-state index in [-0.39, 0.29) is 12.1 Å². The van der Waals surface area contributed by atoms with Crippen LogP contribution in [-0.4, -0.2) is 25.0 Å². The quantitative estimate of drug-likeness (QED) is 0.909.